The van der Waals surface area contributed by atoms with Crippen molar-refractivity contribution in [1.29, 1.82) is 0 Å². The highest BCUT2D eigenvalue weighted by Crippen LogP contribution is 2.26. The Morgan fingerprint density at radius 2 is 1.53 bits per heavy atom. The number of hydrogen-bond acceptors (Lipinski definition) is 4. The van der Waals surface area contributed by atoms with Crippen molar-refractivity contribution in [2.24, 2.45) is 5.92 Å². The molecule has 2 amide bonds. The van der Waals surface area contributed by atoms with Crippen LogP contribution in [-0.2, 0) is 4.74 Å². The summed E-state index contributed by atoms with van der Waals surface area (Å²) in [4.78, 5) is 40.9. The summed E-state index contributed by atoms with van der Waals surface area (Å²) in [7, 11) is 0. The van der Waals surface area contributed by atoms with E-state index in [1.165, 1.54) is 0 Å². The van der Waals surface area contributed by atoms with Gasteiger partial charge in [0.05, 0.1) is 6.04 Å². The van der Waals surface area contributed by atoms with Crippen molar-refractivity contribution in [3.05, 3.63) is 65.2 Å². The summed E-state index contributed by atoms with van der Waals surface area (Å²) in [6.45, 7) is 5.43. The summed E-state index contributed by atoms with van der Waals surface area (Å²) < 4.78 is 5.06. The number of carbonyl (C=O) groups is 3. The van der Waals surface area contributed by atoms with Gasteiger partial charge >= 0.3 is 6.09 Å². The summed E-state index contributed by atoms with van der Waals surface area (Å²) in [6.07, 6.45) is 0.989. The molecule has 2 heterocycles. The Hall–Kier alpha value is -3.15. The zero-order valence-electron chi connectivity index (χ0n) is 17.3. The number of cyclic esters (lactones) is 1. The Morgan fingerprint density at radius 1 is 0.933 bits per heavy atom. The number of ether oxygens (including phenoxy) is 1. The van der Waals surface area contributed by atoms with Crippen LogP contribution in [-0.4, -0.2) is 48.4 Å². The second kappa shape index (κ2) is 8.30. The third kappa shape index (κ3) is 3.95. The van der Waals surface area contributed by atoms with E-state index >= 15 is 0 Å². The number of piperidine rings is 1. The third-order valence-corrected chi connectivity index (χ3v) is 5.97. The molecule has 0 N–H and O–H groups in total. The highest BCUT2D eigenvalue weighted by Gasteiger charge is 2.31. The van der Waals surface area contributed by atoms with Crippen LogP contribution in [0, 0.1) is 12.8 Å². The Balaban J connectivity index is 1.36. The fourth-order valence-electron chi connectivity index (χ4n) is 4.12. The van der Waals surface area contributed by atoms with Gasteiger partial charge in [-0.15, -0.1) is 0 Å². The number of rotatable bonds is 4. The monoisotopic (exact) mass is 406 g/mol. The second-order valence-electron chi connectivity index (χ2n) is 8.14. The molecule has 156 valence electrons. The number of ketones is 1. The summed E-state index contributed by atoms with van der Waals surface area (Å²) in [6, 6.07) is 14.7. The quantitative estimate of drug-likeness (QED) is 0.718. The number of carbonyl (C=O) groups excluding carboxylic acids is 3. The van der Waals surface area contributed by atoms with Gasteiger partial charge in [-0.3, -0.25) is 14.5 Å². The van der Waals surface area contributed by atoms with Crippen molar-refractivity contribution in [2.45, 2.75) is 32.7 Å². The second-order valence-corrected chi connectivity index (χ2v) is 8.14. The van der Waals surface area contributed by atoms with Gasteiger partial charge in [0.15, 0.2) is 5.78 Å². The lowest BCUT2D eigenvalue weighted by atomic mass is 9.88. The Morgan fingerprint density at radius 3 is 2.10 bits per heavy atom. The Bertz CT molecular complexity index is 944. The number of Topliss-reactive ketones (excluding diaryl/α,β-unsaturated/α-hetero) is 1. The van der Waals surface area contributed by atoms with Gasteiger partial charge in [0.1, 0.15) is 6.61 Å². The molecule has 2 fully saturated rings. The molecule has 6 heteroatoms. The van der Waals surface area contributed by atoms with Gasteiger partial charge in [-0.05, 0) is 51.0 Å². The number of amides is 2. The van der Waals surface area contributed by atoms with E-state index in [2.05, 4.69) is 0 Å². The first-order chi connectivity index (χ1) is 14.4. The van der Waals surface area contributed by atoms with E-state index in [-0.39, 0.29) is 29.7 Å². The first-order valence-electron chi connectivity index (χ1n) is 10.4. The van der Waals surface area contributed by atoms with E-state index in [4.69, 9.17) is 4.74 Å². The lowest BCUT2D eigenvalue weighted by Crippen LogP contribution is -2.40. The zero-order valence-corrected chi connectivity index (χ0v) is 17.3. The lowest BCUT2D eigenvalue weighted by Gasteiger charge is -2.31. The van der Waals surface area contributed by atoms with Crippen LogP contribution in [0.1, 0.15) is 46.0 Å². The van der Waals surface area contributed by atoms with Gasteiger partial charge in [0.25, 0.3) is 5.91 Å². The molecule has 0 bridgehead atoms. The highest BCUT2D eigenvalue weighted by atomic mass is 16.6. The lowest BCUT2D eigenvalue weighted by molar-refractivity contribution is 0.0650. The molecule has 1 atom stereocenters. The van der Waals surface area contributed by atoms with Gasteiger partial charge < -0.3 is 9.64 Å². The molecule has 0 saturated carbocycles. The maximum atomic E-state index is 12.9. The minimum atomic E-state index is -0.359. The zero-order chi connectivity index (χ0) is 21.3. The van der Waals surface area contributed by atoms with Crippen LogP contribution in [0.3, 0.4) is 0 Å². The van der Waals surface area contributed by atoms with Crippen molar-refractivity contribution >= 4 is 23.5 Å². The van der Waals surface area contributed by atoms with E-state index in [0.717, 1.165) is 16.8 Å². The van der Waals surface area contributed by atoms with Crippen molar-refractivity contribution in [2.75, 3.05) is 24.6 Å². The van der Waals surface area contributed by atoms with Crippen LogP contribution >= 0.6 is 0 Å². The van der Waals surface area contributed by atoms with Gasteiger partial charge in [-0.2, -0.15) is 0 Å². The third-order valence-electron chi connectivity index (χ3n) is 5.97. The first kappa shape index (κ1) is 20.1. The molecule has 0 aromatic heterocycles. The summed E-state index contributed by atoms with van der Waals surface area (Å²) in [5.41, 5.74) is 3.19. The van der Waals surface area contributed by atoms with E-state index in [0.29, 0.717) is 38.1 Å². The van der Waals surface area contributed by atoms with Crippen molar-refractivity contribution in [3.63, 3.8) is 0 Å². The number of hydrogen-bond donors (Lipinski definition) is 0. The molecule has 0 aliphatic carbocycles. The van der Waals surface area contributed by atoms with E-state index in [1.807, 2.05) is 38.1 Å². The van der Waals surface area contributed by atoms with Crippen LogP contribution in [0.25, 0.3) is 0 Å². The number of anilines is 1. The van der Waals surface area contributed by atoms with Crippen LogP contribution in [0.15, 0.2) is 48.5 Å². The molecule has 2 aromatic rings. The van der Waals surface area contributed by atoms with Gasteiger partial charge in [-0.1, -0.05) is 29.8 Å². The summed E-state index contributed by atoms with van der Waals surface area (Å²) >= 11 is 0. The molecule has 1 unspecified atom stereocenters. The molecule has 2 aromatic carbocycles. The minimum Gasteiger partial charge on any atom is -0.447 e. The smallest absolute Gasteiger partial charge is 0.414 e. The van der Waals surface area contributed by atoms with Gasteiger partial charge in [-0.25, -0.2) is 4.79 Å². The predicted octanol–water partition coefficient (Wildman–Crippen LogP) is 4.08. The minimum absolute atomic E-state index is 0.0239. The van der Waals surface area contributed by atoms with Crippen LogP contribution in [0.4, 0.5) is 10.5 Å². The van der Waals surface area contributed by atoms with E-state index in [9.17, 15) is 14.4 Å². The molecule has 2 aliphatic heterocycles. The largest absolute Gasteiger partial charge is 0.447 e. The molecule has 6 nitrogen and oxygen atoms in total. The van der Waals surface area contributed by atoms with Gasteiger partial charge in [0.2, 0.25) is 0 Å². The molecule has 30 heavy (non-hydrogen) atoms. The predicted molar refractivity (Wildman–Crippen MR) is 114 cm³/mol. The molecule has 0 spiro atoms. The fourth-order valence-corrected chi connectivity index (χ4v) is 4.12. The Kier molecular flexibility index (Phi) is 5.57. The average Bonchev–Trinajstić information content (AvgIpc) is 3.11. The van der Waals surface area contributed by atoms with Crippen molar-refractivity contribution in [1.82, 2.24) is 4.90 Å². The SMILES string of the molecule is Cc1ccc(C(=O)C2CCN(C(=O)c3ccc(N4C(=O)OCC4C)cc3)CC2)cc1. The van der Waals surface area contributed by atoms with Crippen molar-refractivity contribution < 1.29 is 19.1 Å². The Labute approximate surface area is 176 Å². The van der Waals surface area contributed by atoms with Crippen LogP contribution in [0.2, 0.25) is 0 Å². The normalized spacial score (nSPS) is 19.7. The fraction of sp³-hybridized carbons (Fsp3) is 0.375. The van der Waals surface area contributed by atoms with Crippen molar-refractivity contribution in [3.8, 4) is 0 Å². The molecular weight excluding hydrogens is 380 g/mol. The molecule has 4 rings (SSSR count). The number of benzene rings is 2. The summed E-state index contributed by atoms with van der Waals surface area (Å²) in [5, 5.41) is 0. The maximum Gasteiger partial charge on any atom is 0.414 e. The molecule has 2 saturated heterocycles. The standard InChI is InChI=1S/C24H26N2O4/c1-16-3-5-18(6-4-16)22(27)19-11-13-25(14-12-19)23(28)20-7-9-21(10-8-20)26-17(2)15-30-24(26)29/h3-10,17,19H,11-15H2,1-2H3. The number of nitrogens with zero attached hydrogens (tertiary/aromatic N) is 2. The topological polar surface area (TPSA) is 66.9 Å². The van der Waals surface area contributed by atoms with Gasteiger partial charge in [0, 0.05) is 35.8 Å². The van der Waals surface area contributed by atoms with E-state index in [1.54, 1.807) is 34.1 Å². The molecule has 2 aliphatic rings. The average molecular weight is 406 g/mol. The number of likely N-dealkylation sites (tertiary alicyclic amines) is 1. The molecular formula is C24H26N2O4. The van der Waals surface area contributed by atoms with Crippen LogP contribution < -0.4 is 4.90 Å². The molecule has 0 radical (unpaired) electrons. The highest BCUT2D eigenvalue weighted by molar-refractivity contribution is 5.99. The maximum absolute atomic E-state index is 12.9. The van der Waals surface area contributed by atoms with E-state index < -0.39 is 0 Å². The van der Waals surface area contributed by atoms with Crippen LogP contribution in [0.5, 0.6) is 0 Å². The summed E-state index contributed by atoms with van der Waals surface area (Å²) in [5.74, 6) is 0.0831. The first-order valence-corrected chi connectivity index (χ1v) is 10.4. The number of aryl methyl sites for hydroxylation is 1.